The molecule has 8 heteroatoms. The lowest BCUT2D eigenvalue weighted by molar-refractivity contribution is -0.134. The second kappa shape index (κ2) is 5.04. The van der Waals surface area contributed by atoms with Crippen molar-refractivity contribution in [2.45, 2.75) is 6.42 Å². The number of carboxylic acid groups (broad SMARTS) is 1. The van der Waals surface area contributed by atoms with E-state index in [-0.39, 0.29) is 13.1 Å². The fraction of sp³-hybridized carbons (Fsp3) is 0.857. The van der Waals surface area contributed by atoms with Gasteiger partial charge in [0.25, 0.3) is 0 Å². The van der Waals surface area contributed by atoms with Crippen LogP contribution in [0.15, 0.2) is 0 Å². The topological polar surface area (TPSA) is 91.8 Å². The number of hydrogen-bond acceptors (Lipinski definition) is 4. The summed E-state index contributed by atoms with van der Waals surface area (Å²) < 4.78 is 35.3. The summed E-state index contributed by atoms with van der Waals surface area (Å²) in [5, 5.41) is 8.44. The monoisotopic (exact) mass is 255 g/mol. The molecule has 0 spiro atoms. The van der Waals surface area contributed by atoms with E-state index in [9.17, 15) is 17.4 Å². The van der Waals surface area contributed by atoms with Crippen molar-refractivity contribution in [2.24, 2.45) is 0 Å². The Morgan fingerprint density at radius 1 is 1.33 bits per heavy atom. The molecule has 6 nitrogen and oxygen atoms in total. The van der Waals surface area contributed by atoms with Crippen LogP contribution >= 0.6 is 0 Å². The van der Waals surface area contributed by atoms with E-state index in [1.807, 2.05) is 0 Å². The zero-order chi connectivity index (χ0) is 11.5. The minimum atomic E-state index is -3.73. The van der Waals surface area contributed by atoms with Crippen molar-refractivity contribution in [3.63, 3.8) is 0 Å². The summed E-state index contributed by atoms with van der Waals surface area (Å²) in [5.74, 6) is -1.47. The Labute approximate surface area is 90.8 Å². The molecule has 0 aromatic rings. The highest BCUT2D eigenvalue weighted by Gasteiger charge is 2.26. The molecule has 1 saturated heterocycles. The molecule has 1 N–H and O–H groups in total. The quantitative estimate of drug-likeness (QED) is 0.688. The van der Waals surface area contributed by atoms with Gasteiger partial charge in [-0.2, -0.15) is 0 Å². The highest BCUT2D eigenvalue weighted by atomic mass is 32.2. The molecule has 1 heterocycles. The van der Waals surface area contributed by atoms with Crippen LogP contribution < -0.4 is 0 Å². The van der Waals surface area contributed by atoms with E-state index in [2.05, 4.69) is 0 Å². The zero-order valence-electron chi connectivity index (χ0n) is 8.09. The van der Waals surface area contributed by atoms with Crippen molar-refractivity contribution in [2.75, 3.05) is 30.3 Å². The molecule has 88 valence electrons. The average molecular weight is 255 g/mol. The molecule has 1 aliphatic rings. The van der Waals surface area contributed by atoms with E-state index in [1.54, 1.807) is 0 Å². The smallest absolute Gasteiger partial charge is 0.320 e. The van der Waals surface area contributed by atoms with Gasteiger partial charge in [0.2, 0.25) is 10.0 Å². The van der Waals surface area contributed by atoms with E-state index < -0.39 is 32.5 Å². The summed E-state index contributed by atoms with van der Waals surface area (Å²) in [6, 6.07) is 0. The summed E-state index contributed by atoms with van der Waals surface area (Å²) in [6.45, 7) is 0.420. The fourth-order valence-electron chi connectivity index (χ4n) is 1.34. The molecule has 0 aromatic heterocycles. The number of aliphatic carboxylic acids is 1. The number of hydrogen-bond donors (Lipinski definition) is 1. The Morgan fingerprint density at radius 2 is 2.00 bits per heavy atom. The minimum Gasteiger partial charge on any atom is -0.480 e. The molecule has 0 aliphatic carbocycles. The number of rotatable bonds is 3. The molecule has 1 rings (SSSR count). The standard InChI is InChI=1S/C7H13NO5S2/c9-7(10)6-15(12,13)8-2-1-4-14(11)5-3-8/h1-6H2,(H,9,10). The van der Waals surface area contributed by atoms with Gasteiger partial charge >= 0.3 is 5.97 Å². The van der Waals surface area contributed by atoms with Gasteiger partial charge in [-0.05, 0) is 6.42 Å². The van der Waals surface area contributed by atoms with Gasteiger partial charge in [-0.3, -0.25) is 9.00 Å². The molecule has 0 radical (unpaired) electrons. The lowest BCUT2D eigenvalue weighted by Gasteiger charge is -2.17. The lowest BCUT2D eigenvalue weighted by atomic mass is 10.5. The van der Waals surface area contributed by atoms with Crippen molar-refractivity contribution >= 4 is 26.8 Å². The second-order valence-corrected chi connectivity index (χ2v) is 6.92. The Morgan fingerprint density at radius 3 is 2.60 bits per heavy atom. The normalized spacial score (nSPS) is 24.7. The van der Waals surface area contributed by atoms with Gasteiger partial charge in [0.15, 0.2) is 5.75 Å². The van der Waals surface area contributed by atoms with Gasteiger partial charge in [-0.25, -0.2) is 12.7 Å². The highest BCUT2D eigenvalue weighted by molar-refractivity contribution is 7.90. The first-order chi connectivity index (χ1) is 6.92. The van der Waals surface area contributed by atoms with Crippen molar-refractivity contribution in [3.8, 4) is 0 Å². The summed E-state index contributed by atoms with van der Waals surface area (Å²) in [6.07, 6.45) is 0.519. The molecule has 0 amide bonds. The SMILES string of the molecule is O=C(O)CS(=O)(=O)N1CCCS(=O)CC1. The maximum atomic E-state index is 11.5. The third-order valence-electron chi connectivity index (χ3n) is 2.05. The minimum absolute atomic E-state index is 0.155. The van der Waals surface area contributed by atoms with Gasteiger partial charge in [-0.1, -0.05) is 0 Å². The van der Waals surface area contributed by atoms with Crippen LogP contribution in [-0.2, 0) is 25.6 Å². The van der Waals surface area contributed by atoms with E-state index in [4.69, 9.17) is 5.11 Å². The maximum Gasteiger partial charge on any atom is 0.320 e. The first-order valence-electron chi connectivity index (χ1n) is 4.46. The predicted octanol–water partition coefficient (Wildman–Crippen LogP) is -1.14. The van der Waals surface area contributed by atoms with Gasteiger partial charge in [0.05, 0.1) is 0 Å². The largest absolute Gasteiger partial charge is 0.480 e. The summed E-state index contributed by atoms with van der Waals surface area (Å²) in [7, 11) is -4.71. The lowest BCUT2D eigenvalue weighted by Crippen LogP contribution is -2.37. The van der Waals surface area contributed by atoms with Gasteiger partial charge in [0.1, 0.15) is 0 Å². The molecule has 1 fully saturated rings. The van der Waals surface area contributed by atoms with Gasteiger partial charge in [0, 0.05) is 35.4 Å². The molecule has 15 heavy (non-hydrogen) atoms. The summed E-state index contributed by atoms with van der Waals surface area (Å²) >= 11 is 0. The first kappa shape index (κ1) is 12.6. The van der Waals surface area contributed by atoms with E-state index >= 15 is 0 Å². The first-order valence-corrected chi connectivity index (χ1v) is 7.56. The molecule has 1 aliphatic heterocycles. The average Bonchev–Trinajstić information content (AvgIpc) is 2.27. The molecule has 0 bridgehead atoms. The molecule has 0 saturated carbocycles. The van der Waals surface area contributed by atoms with E-state index in [0.717, 1.165) is 4.31 Å². The molecular weight excluding hydrogens is 242 g/mol. The summed E-state index contributed by atoms with van der Waals surface area (Å²) in [4.78, 5) is 10.3. The van der Waals surface area contributed by atoms with Crippen LogP contribution in [0.5, 0.6) is 0 Å². The maximum absolute atomic E-state index is 11.5. The fourth-order valence-corrected chi connectivity index (χ4v) is 3.81. The van der Waals surface area contributed by atoms with Crippen LogP contribution in [0, 0.1) is 0 Å². The van der Waals surface area contributed by atoms with Gasteiger partial charge < -0.3 is 5.11 Å². The highest BCUT2D eigenvalue weighted by Crippen LogP contribution is 2.07. The van der Waals surface area contributed by atoms with Crippen molar-refractivity contribution < 1.29 is 22.5 Å². The van der Waals surface area contributed by atoms with E-state index in [1.165, 1.54) is 0 Å². The Balaban J connectivity index is 2.70. The van der Waals surface area contributed by atoms with Crippen molar-refractivity contribution in [1.82, 2.24) is 4.31 Å². The summed E-state index contributed by atoms with van der Waals surface area (Å²) in [5.41, 5.74) is 0. The number of nitrogens with zero attached hydrogens (tertiary/aromatic N) is 1. The number of carbonyl (C=O) groups is 1. The van der Waals surface area contributed by atoms with Crippen LogP contribution in [-0.4, -0.2) is 58.4 Å². The van der Waals surface area contributed by atoms with E-state index in [0.29, 0.717) is 17.9 Å². The van der Waals surface area contributed by atoms with Gasteiger partial charge in [-0.15, -0.1) is 0 Å². The third kappa shape index (κ3) is 3.88. The van der Waals surface area contributed by atoms with Crippen LogP contribution in [0.4, 0.5) is 0 Å². The van der Waals surface area contributed by atoms with Crippen molar-refractivity contribution in [3.05, 3.63) is 0 Å². The van der Waals surface area contributed by atoms with Crippen LogP contribution in [0.2, 0.25) is 0 Å². The number of carboxylic acids is 1. The second-order valence-electron chi connectivity index (χ2n) is 3.25. The Kier molecular flexibility index (Phi) is 4.23. The molecule has 1 atom stereocenters. The van der Waals surface area contributed by atoms with Crippen molar-refractivity contribution in [1.29, 1.82) is 0 Å². The predicted molar refractivity (Wildman–Crippen MR) is 55.5 cm³/mol. The van der Waals surface area contributed by atoms with Crippen LogP contribution in [0.3, 0.4) is 0 Å². The van der Waals surface area contributed by atoms with Crippen LogP contribution in [0.25, 0.3) is 0 Å². The third-order valence-corrected chi connectivity index (χ3v) is 5.19. The zero-order valence-corrected chi connectivity index (χ0v) is 9.72. The number of sulfonamides is 1. The molecule has 0 aromatic carbocycles. The van der Waals surface area contributed by atoms with Crippen LogP contribution in [0.1, 0.15) is 6.42 Å². The Hall–Kier alpha value is -0.470. The Bertz CT molecular complexity index is 364. The molecule has 1 unspecified atom stereocenters. The molecular formula is C7H13NO5S2.